The number of urea groups is 1. The number of rotatable bonds is 4. The Morgan fingerprint density at radius 2 is 2.08 bits per heavy atom. The third-order valence-corrected chi connectivity index (χ3v) is 4.11. The zero-order valence-electron chi connectivity index (χ0n) is 14.3. The van der Waals surface area contributed by atoms with Crippen LogP contribution in [0.1, 0.15) is 50.6 Å². The number of aryl methyl sites for hydroxylation is 2. The van der Waals surface area contributed by atoms with Crippen LogP contribution < -0.4 is 10.6 Å². The maximum atomic E-state index is 12.2. The lowest BCUT2D eigenvalue weighted by atomic mass is 10.1. The zero-order valence-corrected chi connectivity index (χ0v) is 14.3. The zero-order chi connectivity index (χ0) is 17.1. The summed E-state index contributed by atoms with van der Waals surface area (Å²) in [5.74, 6) is 3.05. The molecule has 0 saturated heterocycles. The van der Waals surface area contributed by atoms with Crippen LogP contribution in [-0.4, -0.2) is 36.8 Å². The fourth-order valence-electron chi connectivity index (χ4n) is 2.85. The van der Waals surface area contributed by atoms with E-state index in [-0.39, 0.29) is 12.1 Å². The number of nitrogens with zero attached hydrogens (tertiary/aromatic N) is 5. The van der Waals surface area contributed by atoms with E-state index in [0.717, 1.165) is 36.7 Å². The van der Waals surface area contributed by atoms with E-state index in [4.69, 9.17) is 0 Å². The maximum absolute atomic E-state index is 12.2. The molecule has 3 heterocycles. The van der Waals surface area contributed by atoms with Crippen molar-refractivity contribution in [1.29, 1.82) is 0 Å². The molecule has 1 aliphatic heterocycles. The van der Waals surface area contributed by atoms with E-state index >= 15 is 0 Å². The summed E-state index contributed by atoms with van der Waals surface area (Å²) in [4.78, 5) is 20.5. The quantitative estimate of drug-likeness (QED) is 0.892. The van der Waals surface area contributed by atoms with Crippen LogP contribution in [0.4, 0.5) is 10.5 Å². The lowest BCUT2D eigenvalue weighted by Gasteiger charge is -2.26. The molecule has 3 rings (SSSR count). The average Bonchev–Trinajstić information content (AvgIpc) is 2.99. The van der Waals surface area contributed by atoms with E-state index in [1.807, 2.05) is 6.92 Å². The first-order valence-corrected chi connectivity index (χ1v) is 8.37. The SMILES string of the molecule is CCc1ncc(NC(=O)NC2CCc3nnc(C(C)C)n3C2)cn1. The summed E-state index contributed by atoms with van der Waals surface area (Å²) >= 11 is 0. The van der Waals surface area contributed by atoms with E-state index in [0.29, 0.717) is 18.2 Å². The van der Waals surface area contributed by atoms with Gasteiger partial charge in [0.25, 0.3) is 0 Å². The van der Waals surface area contributed by atoms with E-state index in [2.05, 4.69) is 49.2 Å². The number of carbonyl (C=O) groups excluding carboxylic acids is 1. The summed E-state index contributed by atoms with van der Waals surface area (Å²) in [6.45, 7) is 6.89. The van der Waals surface area contributed by atoms with Crippen LogP contribution in [0, 0.1) is 0 Å². The van der Waals surface area contributed by atoms with Crippen molar-refractivity contribution in [1.82, 2.24) is 30.0 Å². The van der Waals surface area contributed by atoms with Crippen LogP contribution in [0.15, 0.2) is 12.4 Å². The Hall–Kier alpha value is -2.51. The Kier molecular flexibility index (Phi) is 4.73. The Bertz CT molecular complexity index is 708. The average molecular weight is 329 g/mol. The third kappa shape index (κ3) is 3.52. The Balaban J connectivity index is 1.59. The van der Waals surface area contributed by atoms with Crippen molar-refractivity contribution < 1.29 is 4.79 Å². The molecule has 0 aliphatic carbocycles. The van der Waals surface area contributed by atoms with Gasteiger partial charge in [0.1, 0.15) is 17.5 Å². The molecule has 0 aromatic carbocycles. The highest BCUT2D eigenvalue weighted by Crippen LogP contribution is 2.20. The van der Waals surface area contributed by atoms with Crippen molar-refractivity contribution in [2.24, 2.45) is 0 Å². The van der Waals surface area contributed by atoms with Gasteiger partial charge in [0.15, 0.2) is 0 Å². The Morgan fingerprint density at radius 1 is 1.33 bits per heavy atom. The lowest BCUT2D eigenvalue weighted by Crippen LogP contribution is -2.43. The summed E-state index contributed by atoms with van der Waals surface area (Å²) in [5.41, 5.74) is 0.591. The first-order chi connectivity index (χ1) is 11.6. The van der Waals surface area contributed by atoms with Gasteiger partial charge in [0, 0.05) is 31.3 Å². The molecule has 2 N–H and O–H groups in total. The molecule has 0 saturated carbocycles. The van der Waals surface area contributed by atoms with Crippen molar-refractivity contribution in [3.8, 4) is 0 Å². The molecule has 128 valence electrons. The van der Waals surface area contributed by atoms with Gasteiger partial charge >= 0.3 is 6.03 Å². The first-order valence-electron chi connectivity index (χ1n) is 8.37. The highest BCUT2D eigenvalue weighted by atomic mass is 16.2. The molecular weight excluding hydrogens is 306 g/mol. The van der Waals surface area contributed by atoms with Crippen LogP contribution in [0.3, 0.4) is 0 Å². The number of hydrogen-bond acceptors (Lipinski definition) is 5. The predicted molar refractivity (Wildman–Crippen MR) is 89.8 cm³/mol. The van der Waals surface area contributed by atoms with Crippen LogP contribution in [-0.2, 0) is 19.4 Å². The number of carbonyl (C=O) groups is 1. The van der Waals surface area contributed by atoms with Crippen molar-refractivity contribution in [3.63, 3.8) is 0 Å². The van der Waals surface area contributed by atoms with Gasteiger partial charge in [-0.2, -0.15) is 0 Å². The molecular formula is C16H23N7O. The number of amides is 2. The summed E-state index contributed by atoms with van der Waals surface area (Å²) in [7, 11) is 0. The van der Waals surface area contributed by atoms with E-state index in [1.54, 1.807) is 12.4 Å². The van der Waals surface area contributed by atoms with E-state index in [9.17, 15) is 4.79 Å². The molecule has 0 fully saturated rings. The molecule has 0 spiro atoms. The van der Waals surface area contributed by atoms with Gasteiger partial charge in [0.05, 0.1) is 18.1 Å². The normalized spacial score (nSPS) is 16.8. The molecule has 0 radical (unpaired) electrons. The molecule has 2 aromatic heterocycles. The minimum Gasteiger partial charge on any atom is -0.333 e. The van der Waals surface area contributed by atoms with E-state index < -0.39 is 0 Å². The summed E-state index contributed by atoms with van der Waals surface area (Å²) in [6.07, 6.45) is 5.70. The van der Waals surface area contributed by atoms with Gasteiger partial charge in [-0.15, -0.1) is 10.2 Å². The van der Waals surface area contributed by atoms with Gasteiger partial charge in [-0.25, -0.2) is 14.8 Å². The van der Waals surface area contributed by atoms with Gasteiger partial charge in [0.2, 0.25) is 0 Å². The van der Waals surface area contributed by atoms with Crippen molar-refractivity contribution >= 4 is 11.7 Å². The monoisotopic (exact) mass is 329 g/mol. The lowest BCUT2D eigenvalue weighted by molar-refractivity contribution is 0.244. The molecule has 2 amide bonds. The second-order valence-corrected chi connectivity index (χ2v) is 6.32. The molecule has 24 heavy (non-hydrogen) atoms. The summed E-state index contributed by atoms with van der Waals surface area (Å²) < 4.78 is 2.12. The number of aromatic nitrogens is 5. The molecule has 8 heteroatoms. The van der Waals surface area contributed by atoms with Gasteiger partial charge in [-0.3, -0.25) is 0 Å². The highest BCUT2D eigenvalue weighted by molar-refractivity contribution is 5.89. The summed E-state index contributed by atoms with van der Waals surface area (Å²) in [5, 5.41) is 14.3. The molecule has 1 unspecified atom stereocenters. The maximum Gasteiger partial charge on any atom is 0.319 e. The molecule has 1 atom stereocenters. The van der Waals surface area contributed by atoms with Gasteiger partial charge < -0.3 is 15.2 Å². The Morgan fingerprint density at radius 3 is 2.75 bits per heavy atom. The molecule has 8 nitrogen and oxygen atoms in total. The fourth-order valence-corrected chi connectivity index (χ4v) is 2.85. The van der Waals surface area contributed by atoms with Crippen LogP contribution >= 0.6 is 0 Å². The second-order valence-electron chi connectivity index (χ2n) is 6.32. The summed E-state index contributed by atoms with van der Waals surface area (Å²) in [6, 6.07) is -0.183. The number of anilines is 1. The largest absolute Gasteiger partial charge is 0.333 e. The molecule has 1 aliphatic rings. The predicted octanol–water partition coefficient (Wildman–Crippen LogP) is 1.89. The van der Waals surface area contributed by atoms with Crippen molar-refractivity contribution in [2.75, 3.05) is 5.32 Å². The van der Waals surface area contributed by atoms with Gasteiger partial charge in [-0.05, 0) is 6.42 Å². The smallest absolute Gasteiger partial charge is 0.319 e. The fraction of sp³-hybridized carbons (Fsp3) is 0.562. The molecule has 2 aromatic rings. The van der Waals surface area contributed by atoms with Crippen molar-refractivity contribution in [3.05, 3.63) is 29.9 Å². The minimum absolute atomic E-state index is 0.0573. The van der Waals surface area contributed by atoms with Gasteiger partial charge in [-0.1, -0.05) is 20.8 Å². The minimum atomic E-state index is -0.240. The van der Waals surface area contributed by atoms with Crippen LogP contribution in [0.5, 0.6) is 0 Å². The third-order valence-electron chi connectivity index (χ3n) is 4.11. The van der Waals surface area contributed by atoms with Crippen LogP contribution in [0.2, 0.25) is 0 Å². The molecule has 0 bridgehead atoms. The first kappa shape index (κ1) is 16.4. The number of nitrogens with one attached hydrogen (secondary N) is 2. The van der Waals surface area contributed by atoms with Crippen molar-refractivity contribution in [2.45, 2.75) is 58.5 Å². The highest BCUT2D eigenvalue weighted by Gasteiger charge is 2.25. The standard InChI is InChI=1S/C16H23N7O/c1-4-13-17-7-12(8-18-13)20-16(24)19-11-5-6-14-21-22-15(10(2)3)23(14)9-11/h7-8,10-11H,4-6,9H2,1-3H3,(H2,19,20,24). The topological polar surface area (TPSA) is 97.6 Å². The van der Waals surface area contributed by atoms with Crippen LogP contribution in [0.25, 0.3) is 0 Å². The number of fused-ring (bicyclic) bond motifs is 1. The number of hydrogen-bond donors (Lipinski definition) is 2. The second kappa shape index (κ2) is 6.94. The van der Waals surface area contributed by atoms with E-state index in [1.165, 1.54) is 0 Å². The Labute approximate surface area is 141 Å².